The molecule has 0 saturated heterocycles. The van der Waals surface area contributed by atoms with E-state index in [2.05, 4.69) is 0 Å². The molecule has 0 aliphatic carbocycles. The highest BCUT2D eigenvalue weighted by Gasteiger charge is 2.40. The van der Waals surface area contributed by atoms with Gasteiger partial charge in [0.1, 0.15) is 21.9 Å². The monoisotopic (exact) mass is 271 g/mol. The molecule has 0 radical (unpaired) electrons. The largest absolute Gasteiger partial charge is 0.496 e. The molecular weight excluding hydrogens is 262 g/mol. The Morgan fingerprint density at radius 1 is 1.56 bits per heavy atom. The number of nitro benzene ring substituents is 1. The van der Waals surface area contributed by atoms with Gasteiger partial charge in [-0.3, -0.25) is 19.2 Å². The Bertz CT molecular complexity index is 600. The molecule has 0 spiro atoms. The van der Waals surface area contributed by atoms with Gasteiger partial charge in [-0.05, 0) is 0 Å². The number of carbonyl (C=O) groups is 1. The Kier molecular flexibility index (Phi) is 2.70. The Hall–Kier alpha value is -2.16. The zero-order valence-corrected chi connectivity index (χ0v) is 10.3. The van der Waals surface area contributed by atoms with E-state index < -0.39 is 27.5 Å². The quantitative estimate of drug-likeness (QED) is 0.469. The van der Waals surface area contributed by atoms with Crippen LogP contribution in [0, 0.1) is 10.1 Å². The minimum absolute atomic E-state index is 0.00593. The average molecular weight is 271 g/mol. The van der Waals surface area contributed by atoms with Gasteiger partial charge in [0.25, 0.3) is 11.6 Å². The Labute approximate surface area is 104 Å². The minimum atomic E-state index is -1.85. The first-order chi connectivity index (χ1) is 8.40. The van der Waals surface area contributed by atoms with Crippen molar-refractivity contribution in [3.8, 4) is 5.75 Å². The molecule has 1 aromatic carbocycles. The molecule has 1 atom stereocenters. The molecule has 0 aromatic heterocycles. The molecule has 1 heterocycles. The third-order valence-corrected chi connectivity index (χ3v) is 4.04. The lowest BCUT2D eigenvalue weighted by atomic mass is 10.1. The van der Waals surface area contributed by atoms with Gasteiger partial charge in [0.2, 0.25) is 0 Å². The number of anilines is 1. The van der Waals surface area contributed by atoms with Crippen LogP contribution in [0.2, 0.25) is 0 Å². The number of hydrogen-bond acceptors (Lipinski definition) is 6. The van der Waals surface area contributed by atoms with Crippen molar-refractivity contribution in [2.75, 3.05) is 19.9 Å². The first-order valence-electron chi connectivity index (χ1n) is 4.75. The molecule has 1 amide bonds. The summed E-state index contributed by atoms with van der Waals surface area (Å²) in [5, 5.41) is 10.8. The number of methoxy groups -OCH3 is 1. The van der Waals surface area contributed by atoms with Crippen LogP contribution in [0.25, 0.3) is 0 Å². The highest BCUT2D eigenvalue weighted by Crippen LogP contribution is 2.42. The second kappa shape index (κ2) is 3.95. The lowest BCUT2D eigenvalue weighted by Crippen LogP contribution is -2.20. The fourth-order valence-electron chi connectivity index (χ4n) is 1.70. The number of rotatable bonds is 2. The van der Waals surface area contributed by atoms with Gasteiger partial charge in [-0.15, -0.1) is 0 Å². The SMILES string of the molecule is COc1cc([N+](=O)[O-])c(N)c2c1C(=O)N(C)S2=O. The van der Waals surface area contributed by atoms with E-state index in [1.54, 1.807) is 0 Å². The van der Waals surface area contributed by atoms with E-state index in [0.29, 0.717) is 0 Å². The first kappa shape index (κ1) is 12.3. The zero-order valence-electron chi connectivity index (χ0n) is 9.50. The van der Waals surface area contributed by atoms with Crippen molar-refractivity contribution in [1.29, 1.82) is 0 Å². The minimum Gasteiger partial charge on any atom is -0.496 e. The lowest BCUT2D eigenvalue weighted by molar-refractivity contribution is -0.384. The molecule has 8 nitrogen and oxygen atoms in total. The summed E-state index contributed by atoms with van der Waals surface area (Å²) in [6.07, 6.45) is 0. The predicted octanol–water partition coefficient (Wildman–Crippen LogP) is 0.294. The molecule has 1 aliphatic rings. The van der Waals surface area contributed by atoms with E-state index in [0.717, 1.165) is 10.4 Å². The number of nitro groups is 1. The molecule has 18 heavy (non-hydrogen) atoms. The van der Waals surface area contributed by atoms with Crippen molar-refractivity contribution in [2.24, 2.45) is 0 Å². The van der Waals surface area contributed by atoms with Crippen molar-refractivity contribution in [3.05, 3.63) is 21.7 Å². The van der Waals surface area contributed by atoms with E-state index in [1.165, 1.54) is 14.2 Å². The van der Waals surface area contributed by atoms with Crippen LogP contribution in [0.3, 0.4) is 0 Å². The summed E-state index contributed by atoms with van der Waals surface area (Å²) in [6, 6.07) is 1.06. The average Bonchev–Trinajstić information content (AvgIpc) is 2.55. The molecule has 0 fully saturated rings. The second-order valence-corrected chi connectivity index (χ2v) is 4.98. The molecule has 9 heteroatoms. The Morgan fingerprint density at radius 3 is 2.67 bits per heavy atom. The molecule has 0 bridgehead atoms. The summed E-state index contributed by atoms with van der Waals surface area (Å²) in [6.45, 7) is 0. The van der Waals surface area contributed by atoms with Gasteiger partial charge in [-0.2, -0.15) is 0 Å². The van der Waals surface area contributed by atoms with Crippen LogP contribution in [-0.4, -0.2) is 33.5 Å². The standard InChI is InChI=1S/C9H9N3O5S/c1-11-9(13)6-5(17-2)3-4(12(14)15)7(10)8(6)18(11)16/h3H,10H2,1-2H3. The number of nitrogens with two attached hydrogens (primary N) is 1. The van der Waals surface area contributed by atoms with Crippen molar-refractivity contribution < 1.29 is 18.7 Å². The summed E-state index contributed by atoms with van der Waals surface area (Å²) in [5.74, 6) is -0.546. The number of hydrogen-bond donors (Lipinski definition) is 1. The van der Waals surface area contributed by atoms with Crippen LogP contribution >= 0.6 is 0 Å². The molecular formula is C9H9N3O5S. The molecule has 2 N–H and O–H groups in total. The van der Waals surface area contributed by atoms with Crippen LogP contribution < -0.4 is 10.5 Å². The molecule has 1 unspecified atom stereocenters. The summed E-state index contributed by atoms with van der Waals surface area (Å²) < 4.78 is 17.8. The predicted molar refractivity (Wildman–Crippen MR) is 62.6 cm³/mol. The van der Waals surface area contributed by atoms with Crippen LogP contribution in [0.4, 0.5) is 11.4 Å². The lowest BCUT2D eigenvalue weighted by Gasteiger charge is -2.06. The van der Waals surface area contributed by atoms with E-state index >= 15 is 0 Å². The van der Waals surface area contributed by atoms with Crippen molar-refractivity contribution in [2.45, 2.75) is 4.90 Å². The maximum absolute atomic E-state index is 11.9. The number of nitrogens with zero attached hydrogens (tertiary/aromatic N) is 2. The van der Waals surface area contributed by atoms with Crippen LogP contribution in [0.15, 0.2) is 11.0 Å². The van der Waals surface area contributed by atoms with Gasteiger partial charge in [0.15, 0.2) is 11.0 Å². The molecule has 0 saturated carbocycles. The first-order valence-corrected chi connectivity index (χ1v) is 5.85. The Balaban J connectivity index is 2.85. The number of fused-ring (bicyclic) bond motifs is 1. The van der Waals surface area contributed by atoms with Crippen molar-refractivity contribution in [3.63, 3.8) is 0 Å². The van der Waals surface area contributed by atoms with Gasteiger partial charge in [0.05, 0.1) is 18.1 Å². The smallest absolute Gasteiger partial charge is 0.297 e. The zero-order chi connectivity index (χ0) is 13.6. The van der Waals surface area contributed by atoms with Gasteiger partial charge in [-0.1, -0.05) is 0 Å². The fourth-order valence-corrected chi connectivity index (χ4v) is 2.87. The number of benzene rings is 1. The van der Waals surface area contributed by atoms with Crippen LogP contribution in [0.5, 0.6) is 5.75 Å². The third kappa shape index (κ3) is 1.44. The maximum Gasteiger partial charge on any atom is 0.297 e. The van der Waals surface area contributed by atoms with Crippen molar-refractivity contribution in [1.82, 2.24) is 4.31 Å². The van der Waals surface area contributed by atoms with E-state index in [1.807, 2.05) is 0 Å². The summed E-state index contributed by atoms with van der Waals surface area (Å²) in [4.78, 5) is 21.9. The molecule has 96 valence electrons. The topological polar surface area (TPSA) is 116 Å². The van der Waals surface area contributed by atoms with Gasteiger partial charge in [0, 0.05) is 7.05 Å². The third-order valence-electron chi connectivity index (χ3n) is 2.60. The molecule has 1 aromatic rings. The number of ether oxygens (including phenoxy) is 1. The summed E-state index contributed by atoms with van der Waals surface area (Å²) in [7, 11) is 0.742. The van der Waals surface area contributed by atoms with E-state index in [9.17, 15) is 19.1 Å². The Morgan fingerprint density at radius 2 is 2.17 bits per heavy atom. The molecule has 2 rings (SSSR count). The maximum atomic E-state index is 11.9. The van der Waals surface area contributed by atoms with E-state index in [4.69, 9.17) is 10.5 Å². The van der Waals surface area contributed by atoms with Crippen LogP contribution in [0.1, 0.15) is 10.4 Å². The van der Waals surface area contributed by atoms with Crippen LogP contribution in [-0.2, 0) is 11.0 Å². The number of carbonyl (C=O) groups excluding carboxylic acids is 1. The number of amides is 1. The normalized spacial score (nSPS) is 17.8. The van der Waals surface area contributed by atoms with Gasteiger partial charge >= 0.3 is 0 Å². The summed E-state index contributed by atoms with van der Waals surface area (Å²) in [5.41, 5.74) is 4.92. The number of nitrogen functional groups attached to an aromatic ring is 1. The summed E-state index contributed by atoms with van der Waals surface area (Å²) >= 11 is 0. The molecule has 1 aliphatic heterocycles. The fraction of sp³-hybridized carbons (Fsp3) is 0.222. The second-order valence-electron chi connectivity index (χ2n) is 3.52. The highest BCUT2D eigenvalue weighted by atomic mass is 32.2. The highest BCUT2D eigenvalue weighted by molar-refractivity contribution is 7.84. The van der Waals surface area contributed by atoms with Gasteiger partial charge in [-0.25, -0.2) is 4.21 Å². The van der Waals surface area contributed by atoms with Crippen molar-refractivity contribution >= 4 is 28.3 Å². The van der Waals surface area contributed by atoms with Gasteiger partial charge < -0.3 is 10.5 Å². The van der Waals surface area contributed by atoms with E-state index in [-0.39, 0.29) is 21.9 Å².